The molecule has 1 rings (SSSR count). The Labute approximate surface area is 106 Å². The van der Waals surface area contributed by atoms with Gasteiger partial charge in [-0.2, -0.15) is 0 Å². The summed E-state index contributed by atoms with van der Waals surface area (Å²) in [6, 6.07) is 7.01. The van der Waals surface area contributed by atoms with Crippen LogP contribution in [0.5, 0.6) is 0 Å². The molecule has 0 fully saturated rings. The van der Waals surface area contributed by atoms with Gasteiger partial charge in [0.2, 0.25) is 5.91 Å². The molecule has 0 aromatic heterocycles. The van der Waals surface area contributed by atoms with Gasteiger partial charge < -0.3 is 20.9 Å². The quantitative estimate of drug-likeness (QED) is 0.733. The van der Waals surface area contributed by atoms with Crippen LogP contribution in [-0.4, -0.2) is 39.6 Å². The van der Waals surface area contributed by atoms with E-state index in [0.29, 0.717) is 5.69 Å². The van der Waals surface area contributed by atoms with Crippen LogP contribution in [0.15, 0.2) is 24.3 Å². The summed E-state index contributed by atoms with van der Waals surface area (Å²) >= 11 is 0. The third kappa shape index (κ3) is 3.97. The average molecular weight is 250 g/mol. The van der Waals surface area contributed by atoms with Gasteiger partial charge in [-0.1, -0.05) is 12.1 Å². The van der Waals surface area contributed by atoms with Crippen molar-refractivity contribution in [1.82, 2.24) is 10.6 Å². The summed E-state index contributed by atoms with van der Waals surface area (Å²) in [5.74, 6) is -0.244. The Hall–Kier alpha value is -2.24. The van der Waals surface area contributed by atoms with Gasteiger partial charge in [-0.25, -0.2) is 4.79 Å². The monoisotopic (exact) mass is 250 g/mol. The molecule has 0 saturated carbocycles. The first kappa shape index (κ1) is 13.8. The van der Waals surface area contributed by atoms with E-state index in [2.05, 4.69) is 16.0 Å². The molecular formula is C12H18N4O2. The summed E-state index contributed by atoms with van der Waals surface area (Å²) in [7, 11) is 5.30. The van der Waals surface area contributed by atoms with Gasteiger partial charge >= 0.3 is 6.03 Å². The molecule has 0 heterocycles. The fraction of sp³-hybridized carbons (Fsp3) is 0.333. The first-order valence-corrected chi connectivity index (χ1v) is 5.56. The molecule has 0 spiro atoms. The molecule has 18 heavy (non-hydrogen) atoms. The summed E-state index contributed by atoms with van der Waals surface area (Å²) in [6.07, 6.45) is 0. The number of carbonyl (C=O) groups excluding carboxylic acids is 2. The van der Waals surface area contributed by atoms with Crippen molar-refractivity contribution in [3.63, 3.8) is 0 Å². The highest BCUT2D eigenvalue weighted by atomic mass is 16.2. The van der Waals surface area contributed by atoms with E-state index in [1.54, 1.807) is 6.07 Å². The average Bonchev–Trinajstić information content (AvgIpc) is 2.36. The Bertz CT molecular complexity index is 432. The van der Waals surface area contributed by atoms with Crippen molar-refractivity contribution >= 4 is 23.3 Å². The maximum absolute atomic E-state index is 11.6. The normalized spacial score (nSPS) is 9.50. The third-order valence-electron chi connectivity index (χ3n) is 2.32. The number of carbonyl (C=O) groups is 2. The molecule has 0 bridgehead atoms. The van der Waals surface area contributed by atoms with Crippen molar-refractivity contribution in [3.05, 3.63) is 24.3 Å². The van der Waals surface area contributed by atoms with E-state index in [1.807, 2.05) is 37.2 Å². The zero-order valence-electron chi connectivity index (χ0n) is 10.8. The van der Waals surface area contributed by atoms with Gasteiger partial charge in [0.1, 0.15) is 0 Å². The zero-order valence-corrected chi connectivity index (χ0v) is 10.8. The van der Waals surface area contributed by atoms with Crippen molar-refractivity contribution in [2.24, 2.45) is 0 Å². The van der Waals surface area contributed by atoms with E-state index in [4.69, 9.17) is 0 Å². The van der Waals surface area contributed by atoms with Crippen LogP contribution in [0.4, 0.5) is 16.2 Å². The van der Waals surface area contributed by atoms with Crippen LogP contribution in [0.25, 0.3) is 0 Å². The minimum absolute atomic E-state index is 0.0491. The SMILES string of the molecule is CNC(=O)CNC(=O)Nc1ccccc1N(C)C. The minimum Gasteiger partial charge on any atom is -0.376 e. The molecule has 6 heteroatoms. The number of anilines is 2. The Kier molecular flexibility index (Phi) is 4.98. The summed E-state index contributed by atoms with van der Waals surface area (Å²) in [5.41, 5.74) is 1.59. The van der Waals surface area contributed by atoms with Crippen LogP contribution in [0, 0.1) is 0 Å². The number of para-hydroxylation sites is 2. The lowest BCUT2D eigenvalue weighted by molar-refractivity contribution is -0.119. The maximum atomic E-state index is 11.6. The molecule has 1 aromatic carbocycles. The van der Waals surface area contributed by atoms with Crippen LogP contribution in [0.1, 0.15) is 0 Å². The lowest BCUT2D eigenvalue weighted by atomic mass is 10.2. The Morgan fingerprint density at radius 2 is 1.89 bits per heavy atom. The highest BCUT2D eigenvalue weighted by molar-refractivity contribution is 5.95. The van der Waals surface area contributed by atoms with Crippen molar-refractivity contribution in [2.45, 2.75) is 0 Å². The van der Waals surface area contributed by atoms with Gasteiger partial charge in [-0.15, -0.1) is 0 Å². The molecule has 3 amide bonds. The summed E-state index contributed by atoms with van der Waals surface area (Å²) in [5, 5.41) is 7.59. The molecule has 1 aromatic rings. The number of nitrogens with zero attached hydrogens (tertiary/aromatic N) is 1. The second-order valence-corrected chi connectivity index (χ2v) is 3.89. The van der Waals surface area contributed by atoms with Gasteiger partial charge in [-0.05, 0) is 12.1 Å². The van der Waals surface area contributed by atoms with Crippen LogP contribution in [0.2, 0.25) is 0 Å². The summed E-state index contributed by atoms with van der Waals surface area (Å²) in [6.45, 7) is -0.0491. The van der Waals surface area contributed by atoms with Crippen molar-refractivity contribution < 1.29 is 9.59 Å². The Morgan fingerprint density at radius 3 is 2.50 bits per heavy atom. The van der Waals surface area contributed by atoms with E-state index in [1.165, 1.54) is 7.05 Å². The number of rotatable bonds is 4. The number of urea groups is 1. The van der Waals surface area contributed by atoms with E-state index in [0.717, 1.165) is 5.69 Å². The van der Waals surface area contributed by atoms with Crippen LogP contribution in [0.3, 0.4) is 0 Å². The van der Waals surface area contributed by atoms with Crippen molar-refractivity contribution in [1.29, 1.82) is 0 Å². The number of likely N-dealkylation sites (N-methyl/N-ethyl adjacent to an activating group) is 1. The van der Waals surface area contributed by atoms with E-state index in [-0.39, 0.29) is 12.5 Å². The zero-order chi connectivity index (χ0) is 13.5. The molecule has 0 saturated heterocycles. The number of hydrogen-bond donors (Lipinski definition) is 3. The number of nitrogens with one attached hydrogen (secondary N) is 3. The second kappa shape index (κ2) is 6.48. The molecule has 3 N–H and O–H groups in total. The number of hydrogen-bond acceptors (Lipinski definition) is 3. The number of amides is 3. The smallest absolute Gasteiger partial charge is 0.319 e. The first-order valence-electron chi connectivity index (χ1n) is 5.56. The van der Waals surface area contributed by atoms with Crippen molar-refractivity contribution in [3.8, 4) is 0 Å². The minimum atomic E-state index is -0.409. The Balaban J connectivity index is 2.62. The topological polar surface area (TPSA) is 73.5 Å². The van der Waals surface area contributed by atoms with Gasteiger partial charge in [-0.3, -0.25) is 4.79 Å². The second-order valence-electron chi connectivity index (χ2n) is 3.89. The lowest BCUT2D eigenvalue weighted by Crippen LogP contribution is -2.37. The molecular weight excluding hydrogens is 232 g/mol. The highest BCUT2D eigenvalue weighted by Gasteiger charge is 2.08. The fourth-order valence-corrected chi connectivity index (χ4v) is 1.38. The van der Waals surface area contributed by atoms with E-state index in [9.17, 15) is 9.59 Å². The molecule has 0 aliphatic carbocycles. The van der Waals surface area contributed by atoms with Crippen molar-refractivity contribution in [2.75, 3.05) is 37.9 Å². The lowest BCUT2D eigenvalue weighted by Gasteiger charge is -2.17. The highest BCUT2D eigenvalue weighted by Crippen LogP contribution is 2.22. The molecule has 6 nitrogen and oxygen atoms in total. The predicted octanol–water partition coefficient (Wildman–Crippen LogP) is 0.620. The molecule has 0 aliphatic rings. The predicted molar refractivity (Wildman–Crippen MR) is 71.9 cm³/mol. The van der Waals surface area contributed by atoms with Gasteiger partial charge in [0, 0.05) is 21.1 Å². The van der Waals surface area contributed by atoms with E-state index < -0.39 is 6.03 Å². The largest absolute Gasteiger partial charge is 0.376 e. The summed E-state index contributed by atoms with van der Waals surface area (Å²) in [4.78, 5) is 24.5. The van der Waals surface area contributed by atoms with Crippen LogP contribution in [-0.2, 0) is 4.79 Å². The fourth-order valence-electron chi connectivity index (χ4n) is 1.38. The first-order chi connectivity index (χ1) is 8.54. The molecule has 0 radical (unpaired) electrons. The van der Waals surface area contributed by atoms with Gasteiger partial charge in [0.15, 0.2) is 0 Å². The molecule has 98 valence electrons. The molecule has 0 aliphatic heterocycles. The van der Waals surface area contributed by atoms with Gasteiger partial charge in [0.05, 0.1) is 17.9 Å². The summed E-state index contributed by atoms with van der Waals surface area (Å²) < 4.78 is 0. The standard InChI is InChI=1S/C12H18N4O2/c1-13-11(17)8-14-12(18)15-9-6-4-5-7-10(9)16(2)3/h4-7H,8H2,1-3H3,(H,13,17)(H2,14,15,18). The van der Waals surface area contributed by atoms with Gasteiger partial charge in [0.25, 0.3) is 0 Å². The number of benzene rings is 1. The van der Waals surface area contributed by atoms with Crippen LogP contribution >= 0.6 is 0 Å². The maximum Gasteiger partial charge on any atom is 0.319 e. The third-order valence-corrected chi connectivity index (χ3v) is 2.32. The van der Waals surface area contributed by atoms with E-state index >= 15 is 0 Å². The molecule has 0 unspecified atom stereocenters. The molecule has 0 atom stereocenters. The van der Waals surface area contributed by atoms with Crippen LogP contribution < -0.4 is 20.9 Å². The Morgan fingerprint density at radius 1 is 1.22 bits per heavy atom.